The summed E-state index contributed by atoms with van der Waals surface area (Å²) in [5.74, 6) is 0. The van der Waals surface area contributed by atoms with Gasteiger partial charge in [0.15, 0.2) is 0 Å². The number of hydrogen-bond acceptors (Lipinski definition) is 0. The largest absolute Gasteiger partial charge is 0.0885 e. The van der Waals surface area contributed by atoms with Crippen molar-refractivity contribution in [1.82, 2.24) is 0 Å². The SMILES string of the molecule is C1=CCCC/C=C/C/C=C/CCC1. The molecule has 0 aromatic rings. The molecule has 0 bridgehead atoms. The van der Waals surface area contributed by atoms with E-state index in [2.05, 4.69) is 36.5 Å². The van der Waals surface area contributed by atoms with Gasteiger partial charge in [0.2, 0.25) is 0 Å². The second-order valence-corrected chi connectivity index (χ2v) is 3.51. The molecule has 1 aliphatic rings. The second kappa shape index (κ2) is 7.85. The van der Waals surface area contributed by atoms with Crippen molar-refractivity contribution in [2.45, 2.75) is 44.9 Å². The Balaban J connectivity index is 2.27. The van der Waals surface area contributed by atoms with Gasteiger partial charge >= 0.3 is 0 Å². The van der Waals surface area contributed by atoms with Crippen molar-refractivity contribution in [1.29, 1.82) is 0 Å². The fourth-order valence-corrected chi connectivity index (χ4v) is 1.45. The molecule has 0 saturated heterocycles. The van der Waals surface area contributed by atoms with Crippen LogP contribution in [0.3, 0.4) is 0 Å². The zero-order valence-corrected chi connectivity index (χ0v) is 8.41. The Morgan fingerprint density at radius 1 is 0.462 bits per heavy atom. The Kier molecular flexibility index (Phi) is 6.22. The van der Waals surface area contributed by atoms with E-state index in [1.54, 1.807) is 0 Å². The first-order chi connectivity index (χ1) is 6.50. The summed E-state index contributed by atoms with van der Waals surface area (Å²) in [6, 6.07) is 0. The van der Waals surface area contributed by atoms with Crippen LogP contribution in [-0.2, 0) is 0 Å². The van der Waals surface area contributed by atoms with E-state index in [1.165, 1.54) is 38.5 Å². The third kappa shape index (κ3) is 6.39. The van der Waals surface area contributed by atoms with Crippen molar-refractivity contribution < 1.29 is 0 Å². The minimum absolute atomic E-state index is 1.12. The minimum atomic E-state index is 1.12. The summed E-state index contributed by atoms with van der Waals surface area (Å²) in [6.07, 6.45) is 22.5. The van der Waals surface area contributed by atoms with Crippen LogP contribution in [0.5, 0.6) is 0 Å². The van der Waals surface area contributed by atoms with E-state index in [4.69, 9.17) is 0 Å². The molecule has 0 saturated carbocycles. The van der Waals surface area contributed by atoms with Gasteiger partial charge in [0.05, 0.1) is 0 Å². The Hall–Kier alpha value is -0.780. The molecule has 0 spiro atoms. The summed E-state index contributed by atoms with van der Waals surface area (Å²) >= 11 is 0. The quantitative estimate of drug-likeness (QED) is 0.480. The maximum Gasteiger partial charge on any atom is -0.0169 e. The molecule has 0 unspecified atom stereocenters. The topological polar surface area (TPSA) is 0 Å². The highest BCUT2D eigenvalue weighted by molar-refractivity contribution is 4.94. The first-order valence-electron chi connectivity index (χ1n) is 5.45. The average Bonchev–Trinajstić information content (AvgIpc) is 2.18. The van der Waals surface area contributed by atoms with E-state index < -0.39 is 0 Å². The highest BCUT2D eigenvalue weighted by atomic mass is 13.9. The standard InChI is InChI=1S/C13H20/c1-2-4-6-8-10-12-13-11-9-7-5-3-1/h1-2,5,7,10,12H,3-4,6,8-9,11,13H2/b2-1+,7-5+,12-10?. The summed E-state index contributed by atoms with van der Waals surface area (Å²) in [6.45, 7) is 0. The molecular formula is C13H20. The molecule has 0 amide bonds. The Morgan fingerprint density at radius 3 is 1.31 bits per heavy atom. The Bertz CT molecular complexity index is 164. The van der Waals surface area contributed by atoms with Gasteiger partial charge in [-0.15, -0.1) is 0 Å². The van der Waals surface area contributed by atoms with Gasteiger partial charge in [-0.3, -0.25) is 0 Å². The molecule has 0 aromatic carbocycles. The van der Waals surface area contributed by atoms with E-state index in [9.17, 15) is 0 Å². The lowest BCUT2D eigenvalue weighted by Crippen LogP contribution is -1.70. The zero-order valence-electron chi connectivity index (χ0n) is 8.41. The number of hydrogen-bond donors (Lipinski definition) is 0. The first-order valence-corrected chi connectivity index (χ1v) is 5.45. The molecule has 0 aromatic heterocycles. The van der Waals surface area contributed by atoms with E-state index in [0.717, 1.165) is 6.42 Å². The number of allylic oxidation sites excluding steroid dienone is 6. The lowest BCUT2D eigenvalue weighted by Gasteiger charge is -1.90. The van der Waals surface area contributed by atoms with Gasteiger partial charge in [-0.2, -0.15) is 0 Å². The van der Waals surface area contributed by atoms with E-state index in [1.807, 2.05) is 0 Å². The van der Waals surface area contributed by atoms with Gasteiger partial charge in [0, 0.05) is 0 Å². The highest BCUT2D eigenvalue weighted by Gasteiger charge is 1.84. The predicted octanol–water partition coefficient (Wildman–Crippen LogP) is 4.40. The van der Waals surface area contributed by atoms with Crippen LogP contribution in [0, 0.1) is 0 Å². The van der Waals surface area contributed by atoms with Crippen LogP contribution in [0.1, 0.15) is 44.9 Å². The van der Waals surface area contributed by atoms with E-state index >= 15 is 0 Å². The second-order valence-electron chi connectivity index (χ2n) is 3.51. The van der Waals surface area contributed by atoms with Gasteiger partial charge in [-0.1, -0.05) is 36.5 Å². The van der Waals surface area contributed by atoms with Crippen molar-refractivity contribution in [3.05, 3.63) is 36.5 Å². The van der Waals surface area contributed by atoms with Crippen LogP contribution in [0.4, 0.5) is 0 Å². The van der Waals surface area contributed by atoms with E-state index in [0.29, 0.717) is 0 Å². The zero-order chi connectivity index (χ0) is 9.19. The lowest BCUT2D eigenvalue weighted by molar-refractivity contribution is 0.842. The third-order valence-electron chi connectivity index (χ3n) is 2.26. The van der Waals surface area contributed by atoms with Crippen LogP contribution in [0.25, 0.3) is 0 Å². The van der Waals surface area contributed by atoms with Crippen LogP contribution < -0.4 is 0 Å². The monoisotopic (exact) mass is 176 g/mol. The molecule has 0 heterocycles. The molecule has 0 fully saturated rings. The molecule has 0 N–H and O–H groups in total. The summed E-state index contributed by atoms with van der Waals surface area (Å²) in [4.78, 5) is 0. The fraction of sp³-hybridized carbons (Fsp3) is 0.538. The third-order valence-corrected chi connectivity index (χ3v) is 2.26. The minimum Gasteiger partial charge on any atom is -0.0885 e. The van der Waals surface area contributed by atoms with Crippen LogP contribution in [-0.4, -0.2) is 0 Å². The molecule has 0 atom stereocenters. The van der Waals surface area contributed by atoms with Gasteiger partial charge in [-0.25, -0.2) is 0 Å². The molecular weight excluding hydrogens is 156 g/mol. The summed E-state index contributed by atoms with van der Waals surface area (Å²) < 4.78 is 0. The fourth-order valence-electron chi connectivity index (χ4n) is 1.45. The van der Waals surface area contributed by atoms with Crippen molar-refractivity contribution >= 4 is 0 Å². The van der Waals surface area contributed by atoms with Crippen molar-refractivity contribution in [3.63, 3.8) is 0 Å². The average molecular weight is 176 g/mol. The van der Waals surface area contributed by atoms with Gasteiger partial charge < -0.3 is 0 Å². The molecule has 0 radical (unpaired) electrons. The maximum absolute atomic E-state index is 2.33. The smallest absolute Gasteiger partial charge is 0.0169 e. The molecule has 1 aliphatic carbocycles. The Labute approximate surface area is 82.0 Å². The van der Waals surface area contributed by atoms with Crippen molar-refractivity contribution in [2.75, 3.05) is 0 Å². The maximum atomic E-state index is 2.33. The molecule has 0 nitrogen and oxygen atoms in total. The van der Waals surface area contributed by atoms with Crippen molar-refractivity contribution in [2.24, 2.45) is 0 Å². The first kappa shape index (κ1) is 10.3. The summed E-state index contributed by atoms with van der Waals surface area (Å²) in [5, 5.41) is 0. The van der Waals surface area contributed by atoms with Gasteiger partial charge in [-0.05, 0) is 44.9 Å². The predicted molar refractivity (Wildman–Crippen MR) is 59.7 cm³/mol. The lowest BCUT2D eigenvalue weighted by atomic mass is 10.2. The van der Waals surface area contributed by atoms with Crippen LogP contribution >= 0.6 is 0 Å². The van der Waals surface area contributed by atoms with Crippen LogP contribution in [0.15, 0.2) is 36.5 Å². The van der Waals surface area contributed by atoms with Gasteiger partial charge in [0.25, 0.3) is 0 Å². The van der Waals surface area contributed by atoms with Crippen molar-refractivity contribution in [3.8, 4) is 0 Å². The summed E-state index contributed by atoms with van der Waals surface area (Å²) in [7, 11) is 0. The van der Waals surface area contributed by atoms with Gasteiger partial charge in [0.1, 0.15) is 0 Å². The van der Waals surface area contributed by atoms with E-state index in [-0.39, 0.29) is 0 Å². The molecule has 72 valence electrons. The molecule has 0 heteroatoms. The highest BCUT2D eigenvalue weighted by Crippen LogP contribution is 2.04. The summed E-state index contributed by atoms with van der Waals surface area (Å²) in [5.41, 5.74) is 0. The number of rotatable bonds is 0. The Morgan fingerprint density at radius 2 is 0.846 bits per heavy atom. The molecule has 1 rings (SSSR count). The normalized spacial score (nSPS) is 25.2. The molecule has 13 heavy (non-hydrogen) atoms. The molecule has 0 aliphatic heterocycles. The van der Waals surface area contributed by atoms with Crippen LogP contribution in [0.2, 0.25) is 0 Å².